The first kappa shape index (κ1) is 18.7. The van der Waals surface area contributed by atoms with Gasteiger partial charge in [-0.3, -0.25) is 14.4 Å². The van der Waals surface area contributed by atoms with Crippen LogP contribution in [-0.2, 0) is 14.4 Å². The minimum atomic E-state index is -1.25. The zero-order valence-corrected chi connectivity index (χ0v) is 14.6. The standard InChI is InChI=1S/C19H12F3N3O4/c20-10-5-11(21)7-12(6-10)23-9-13(8-16(23)26)24-17(27)18(28)25(19(24)29)15-4-2-1-3-14(15)22/h1-7,13H,8-9H2. The smallest absolute Gasteiger partial charge is 0.310 e. The summed E-state index contributed by atoms with van der Waals surface area (Å²) < 4.78 is 41.0. The third kappa shape index (κ3) is 3.02. The highest BCUT2D eigenvalue weighted by molar-refractivity contribution is 6.53. The number of para-hydroxylation sites is 1. The van der Waals surface area contributed by atoms with Crippen molar-refractivity contribution in [3.8, 4) is 0 Å². The van der Waals surface area contributed by atoms with Crippen LogP contribution in [-0.4, -0.2) is 41.2 Å². The number of amides is 5. The van der Waals surface area contributed by atoms with Gasteiger partial charge < -0.3 is 4.90 Å². The fourth-order valence-corrected chi connectivity index (χ4v) is 3.45. The summed E-state index contributed by atoms with van der Waals surface area (Å²) in [5.74, 6) is -5.71. The number of imide groups is 2. The quantitative estimate of drug-likeness (QED) is 0.582. The normalized spacial score (nSPS) is 19.7. The van der Waals surface area contributed by atoms with E-state index in [1.54, 1.807) is 0 Å². The maximum Gasteiger partial charge on any atom is 0.339 e. The molecule has 2 fully saturated rings. The molecule has 0 saturated carbocycles. The molecule has 29 heavy (non-hydrogen) atoms. The lowest BCUT2D eigenvalue weighted by atomic mass is 10.2. The summed E-state index contributed by atoms with van der Waals surface area (Å²) in [4.78, 5) is 51.8. The Morgan fingerprint density at radius 1 is 0.862 bits per heavy atom. The van der Waals surface area contributed by atoms with Crippen LogP contribution in [0, 0.1) is 17.5 Å². The lowest BCUT2D eigenvalue weighted by molar-refractivity contribution is -0.140. The SMILES string of the molecule is O=C1CC(N2C(=O)C(=O)N(c3ccccc3F)C2=O)CN1c1cc(F)cc(F)c1. The third-order valence-corrected chi connectivity index (χ3v) is 4.72. The van der Waals surface area contributed by atoms with E-state index in [9.17, 15) is 32.3 Å². The Morgan fingerprint density at radius 2 is 1.52 bits per heavy atom. The van der Waals surface area contributed by atoms with E-state index < -0.39 is 47.2 Å². The van der Waals surface area contributed by atoms with Crippen molar-refractivity contribution in [3.05, 3.63) is 59.9 Å². The second-order valence-electron chi connectivity index (χ2n) is 6.54. The van der Waals surface area contributed by atoms with Gasteiger partial charge in [0.1, 0.15) is 17.5 Å². The van der Waals surface area contributed by atoms with Crippen molar-refractivity contribution in [2.24, 2.45) is 0 Å². The van der Waals surface area contributed by atoms with Gasteiger partial charge in [0.25, 0.3) is 0 Å². The zero-order chi connectivity index (χ0) is 20.9. The molecule has 4 rings (SSSR count). The molecule has 0 N–H and O–H groups in total. The predicted octanol–water partition coefficient (Wildman–Crippen LogP) is 2.20. The molecule has 2 aliphatic rings. The Bertz CT molecular complexity index is 1050. The third-order valence-electron chi connectivity index (χ3n) is 4.72. The van der Waals surface area contributed by atoms with Gasteiger partial charge in [-0.25, -0.2) is 27.8 Å². The van der Waals surface area contributed by atoms with Gasteiger partial charge in [0, 0.05) is 24.7 Å². The molecule has 1 atom stereocenters. The Hall–Kier alpha value is -3.69. The van der Waals surface area contributed by atoms with Gasteiger partial charge >= 0.3 is 17.8 Å². The number of hydrogen-bond acceptors (Lipinski definition) is 4. The summed E-state index contributed by atoms with van der Waals surface area (Å²) in [5, 5.41) is 0. The predicted molar refractivity (Wildman–Crippen MR) is 93.2 cm³/mol. The van der Waals surface area contributed by atoms with Crippen molar-refractivity contribution in [1.29, 1.82) is 0 Å². The first-order valence-electron chi connectivity index (χ1n) is 8.50. The number of hydrogen-bond donors (Lipinski definition) is 0. The van der Waals surface area contributed by atoms with E-state index in [2.05, 4.69) is 0 Å². The first-order valence-corrected chi connectivity index (χ1v) is 8.50. The van der Waals surface area contributed by atoms with Gasteiger partial charge in [0.2, 0.25) is 5.91 Å². The summed E-state index contributed by atoms with van der Waals surface area (Å²) in [5.41, 5.74) is -0.460. The number of urea groups is 1. The van der Waals surface area contributed by atoms with Crippen LogP contribution in [0.5, 0.6) is 0 Å². The maximum atomic E-state index is 14.0. The van der Waals surface area contributed by atoms with Crippen LogP contribution in [0.25, 0.3) is 0 Å². The van der Waals surface area contributed by atoms with Crippen molar-refractivity contribution in [3.63, 3.8) is 0 Å². The monoisotopic (exact) mass is 403 g/mol. The Balaban J connectivity index is 1.63. The molecule has 1 unspecified atom stereocenters. The minimum Gasteiger partial charge on any atom is -0.310 e. The van der Waals surface area contributed by atoms with Crippen molar-refractivity contribution in [2.45, 2.75) is 12.5 Å². The van der Waals surface area contributed by atoms with Crippen LogP contribution in [0.2, 0.25) is 0 Å². The molecule has 0 bridgehead atoms. The summed E-state index contributed by atoms with van der Waals surface area (Å²) in [6, 6.07) is 5.33. The Labute approximate surface area is 161 Å². The second-order valence-corrected chi connectivity index (χ2v) is 6.54. The van der Waals surface area contributed by atoms with Crippen LogP contribution in [0.4, 0.5) is 29.3 Å². The Morgan fingerprint density at radius 3 is 2.17 bits per heavy atom. The largest absolute Gasteiger partial charge is 0.339 e. The Kier molecular flexibility index (Phi) is 4.33. The van der Waals surface area contributed by atoms with E-state index in [0.717, 1.165) is 23.1 Å². The fraction of sp³-hybridized carbons (Fsp3) is 0.158. The molecule has 5 amide bonds. The lowest BCUT2D eigenvalue weighted by Gasteiger charge is -2.22. The van der Waals surface area contributed by atoms with E-state index in [1.807, 2.05) is 0 Å². The summed E-state index contributed by atoms with van der Waals surface area (Å²) in [6.07, 6.45) is -0.339. The van der Waals surface area contributed by atoms with Crippen LogP contribution in [0.3, 0.4) is 0 Å². The van der Waals surface area contributed by atoms with Gasteiger partial charge in [-0.15, -0.1) is 0 Å². The first-order chi connectivity index (χ1) is 13.8. The van der Waals surface area contributed by atoms with Crippen molar-refractivity contribution >= 4 is 35.1 Å². The minimum absolute atomic E-state index is 0.0774. The lowest BCUT2D eigenvalue weighted by Crippen LogP contribution is -2.43. The van der Waals surface area contributed by atoms with E-state index in [0.29, 0.717) is 15.9 Å². The molecule has 2 aromatic carbocycles. The summed E-state index contributed by atoms with van der Waals surface area (Å²) >= 11 is 0. The summed E-state index contributed by atoms with van der Waals surface area (Å²) in [7, 11) is 0. The number of nitrogens with zero attached hydrogens (tertiary/aromatic N) is 3. The maximum absolute atomic E-state index is 14.0. The highest BCUT2D eigenvalue weighted by Crippen LogP contribution is 2.31. The number of carbonyl (C=O) groups is 4. The zero-order valence-electron chi connectivity index (χ0n) is 14.6. The molecule has 0 radical (unpaired) electrons. The number of anilines is 2. The molecular formula is C19H12F3N3O4. The van der Waals surface area contributed by atoms with Crippen molar-refractivity contribution in [1.82, 2.24) is 4.90 Å². The van der Waals surface area contributed by atoms with E-state index in [4.69, 9.17) is 0 Å². The molecule has 0 spiro atoms. The molecule has 2 saturated heterocycles. The van der Waals surface area contributed by atoms with E-state index >= 15 is 0 Å². The molecule has 2 aliphatic heterocycles. The van der Waals surface area contributed by atoms with Crippen LogP contribution in [0.1, 0.15) is 6.42 Å². The topological polar surface area (TPSA) is 78.0 Å². The molecular weight excluding hydrogens is 391 g/mol. The van der Waals surface area contributed by atoms with Gasteiger partial charge in [-0.1, -0.05) is 12.1 Å². The molecule has 0 aromatic heterocycles. The van der Waals surface area contributed by atoms with Crippen molar-refractivity contribution in [2.75, 3.05) is 16.3 Å². The molecule has 2 heterocycles. The second kappa shape index (κ2) is 6.73. The van der Waals surface area contributed by atoms with E-state index in [-0.39, 0.29) is 24.3 Å². The highest BCUT2D eigenvalue weighted by atomic mass is 19.1. The molecule has 0 aliphatic carbocycles. The number of benzene rings is 2. The average Bonchev–Trinajstić information content (AvgIpc) is 3.13. The number of rotatable bonds is 3. The van der Waals surface area contributed by atoms with Crippen molar-refractivity contribution < 1.29 is 32.3 Å². The van der Waals surface area contributed by atoms with Gasteiger partial charge in [0.05, 0.1) is 11.7 Å². The fourth-order valence-electron chi connectivity index (χ4n) is 3.45. The molecule has 7 nitrogen and oxygen atoms in total. The molecule has 10 heteroatoms. The molecule has 2 aromatic rings. The number of carbonyl (C=O) groups excluding carboxylic acids is 4. The van der Waals surface area contributed by atoms with Gasteiger partial charge in [0.15, 0.2) is 0 Å². The van der Waals surface area contributed by atoms with Gasteiger partial charge in [-0.05, 0) is 24.3 Å². The summed E-state index contributed by atoms with van der Waals surface area (Å²) in [6.45, 7) is -0.252. The number of halogens is 3. The average molecular weight is 403 g/mol. The van der Waals surface area contributed by atoms with Gasteiger partial charge in [-0.2, -0.15) is 0 Å². The molecule has 148 valence electrons. The van der Waals surface area contributed by atoms with Crippen LogP contribution in [0.15, 0.2) is 42.5 Å². The van der Waals surface area contributed by atoms with Crippen LogP contribution >= 0.6 is 0 Å². The van der Waals surface area contributed by atoms with Crippen LogP contribution < -0.4 is 9.80 Å². The van der Waals surface area contributed by atoms with E-state index in [1.165, 1.54) is 18.2 Å². The highest BCUT2D eigenvalue weighted by Gasteiger charge is 2.51.